The first kappa shape index (κ1) is 14.2. The Morgan fingerprint density at radius 1 is 1.00 bits per heavy atom. The molecular formula is C19H23NO. The van der Waals surface area contributed by atoms with Crippen LogP contribution >= 0.6 is 0 Å². The molecule has 0 amide bonds. The third kappa shape index (κ3) is 3.45. The highest BCUT2D eigenvalue weighted by Crippen LogP contribution is 2.32. The number of aliphatic hydroxyl groups excluding tert-OH is 1. The first-order valence-electron chi connectivity index (χ1n) is 7.90. The molecule has 0 fully saturated rings. The van der Waals surface area contributed by atoms with Crippen molar-refractivity contribution in [2.45, 2.75) is 31.8 Å². The van der Waals surface area contributed by atoms with Crippen molar-refractivity contribution in [2.75, 3.05) is 18.0 Å². The Labute approximate surface area is 127 Å². The Kier molecular flexibility index (Phi) is 4.56. The van der Waals surface area contributed by atoms with Crippen LogP contribution in [0.2, 0.25) is 0 Å². The Morgan fingerprint density at radius 2 is 1.76 bits per heavy atom. The van der Waals surface area contributed by atoms with E-state index < -0.39 is 0 Å². The van der Waals surface area contributed by atoms with Crippen LogP contribution < -0.4 is 4.90 Å². The lowest BCUT2D eigenvalue weighted by Gasteiger charge is -2.25. The lowest BCUT2D eigenvalue weighted by molar-refractivity contribution is 0.168. The van der Waals surface area contributed by atoms with Crippen LogP contribution in [0.5, 0.6) is 0 Å². The molecule has 0 spiro atoms. The summed E-state index contributed by atoms with van der Waals surface area (Å²) in [6.07, 6.45) is 3.88. The quantitative estimate of drug-likeness (QED) is 0.917. The van der Waals surface area contributed by atoms with Gasteiger partial charge in [-0.25, -0.2) is 0 Å². The van der Waals surface area contributed by atoms with Gasteiger partial charge in [0, 0.05) is 24.3 Å². The minimum Gasteiger partial charge on any atom is -0.388 e. The molecule has 0 aromatic heterocycles. The molecule has 1 atom stereocenters. The fraction of sp³-hybridized carbons (Fsp3) is 0.368. The molecule has 1 N–H and O–H groups in total. The topological polar surface area (TPSA) is 23.5 Å². The summed E-state index contributed by atoms with van der Waals surface area (Å²) in [4.78, 5) is 2.44. The van der Waals surface area contributed by atoms with Gasteiger partial charge in [0.1, 0.15) is 0 Å². The Balaban J connectivity index is 1.66. The van der Waals surface area contributed by atoms with Gasteiger partial charge in [0.05, 0.1) is 6.10 Å². The third-order valence-corrected chi connectivity index (χ3v) is 4.28. The number of nitrogens with zero attached hydrogens (tertiary/aromatic N) is 1. The second-order valence-electron chi connectivity index (χ2n) is 5.79. The summed E-state index contributed by atoms with van der Waals surface area (Å²) in [5, 5.41) is 10.2. The van der Waals surface area contributed by atoms with Crippen LogP contribution in [0.3, 0.4) is 0 Å². The monoisotopic (exact) mass is 281 g/mol. The predicted octanol–water partition coefficient (Wildman–Crippen LogP) is 3.95. The van der Waals surface area contributed by atoms with Crippen LogP contribution in [-0.4, -0.2) is 18.2 Å². The largest absolute Gasteiger partial charge is 0.388 e. The molecule has 110 valence electrons. The minimum atomic E-state index is -0.305. The van der Waals surface area contributed by atoms with Crippen molar-refractivity contribution in [3.8, 4) is 0 Å². The molecule has 1 unspecified atom stereocenters. The van der Waals surface area contributed by atoms with E-state index in [1.165, 1.54) is 11.3 Å². The average molecular weight is 281 g/mol. The maximum atomic E-state index is 10.2. The van der Waals surface area contributed by atoms with E-state index in [0.717, 1.165) is 44.3 Å². The molecule has 0 aliphatic carbocycles. The second kappa shape index (κ2) is 6.77. The van der Waals surface area contributed by atoms with Crippen molar-refractivity contribution in [3.63, 3.8) is 0 Å². The van der Waals surface area contributed by atoms with E-state index in [1.54, 1.807) is 0 Å². The molecule has 0 radical (unpaired) electrons. The van der Waals surface area contributed by atoms with Crippen LogP contribution in [0.4, 0.5) is 5.69 Å². The molecule has 2 nitrogen and oxygen atoms in total. The van der Waals surface area contributed by atoms with Crippen molar-refractivity contribution in [1.82, 2.24) is 0 Å². The zero-order valence-corrected chi connectivity index (χ0v) is 12.4. The van der Waals surface area contributed by atoms with Gasteiger partial charge in [0.15, 0.2) is 0 Å². The maximum absolute atomic E-state index is 10.2. The molecule has 2 aromatic carbocycles. The van der Waals surface area contributed by atoms with Crippen LogP contribution in [0.1, 0.15) is 36.5 Å². The van der Waals surface area contributed by atoms with Crippen molar-refractivity contribution in [1.29, 1.82) is 0 Å². The number of aliphatic hydroxyl groups is 1. The molecule has 1 heterocycles. The maximum Gasteiger partial charge on any atom is 0.0810 e. The van der Waals surface area contributed by atoms with Crippen molar-refractivity contribution in [3.05, 3.63) is 65.7 Å². The van der Waals surface area contributed by atoms with Crippen molar-refractivity contribution >= 4 is 5.69 Å². The van der Waals surface area contributed by atoms with Crippen molar-refractivity contribution < 1.29 is 5.11 Å². The molecule has 0 saturated heterocycles. The number of rotatable bonds is 4. The molecular weight excluding hydrogens is 258 g/mol. The number of fused-ring (bicyclic) bond motifs is 1. The molecule has 1 aliphatic heterocycles. The highest BCUT2D eigenvalue weighted by Gasteiger charge is 2.20. The smallest absolute Gasteiger partial charge is 0.0810 e. The average Bonchev–Trinajstić information content (AvgIpc) is 2.69. The summed E-state index contributed by atoms with van der Waals surface area (Å²) >= 11 is 0. The van der Waals surface area contributed by atoms with E-state index in [2.05, 4.69) is 53.4 Å². The molecule has 21 heavy (non-hydrogen) atoms. The van der Waals surface area contributed by atoms with Gasteiger partial charge in [0.2, 0.25) is 0 Å². The fourth-order valence-corrected chi connectivity index (χ4v) is 3.16. The molecule has 0 saturated carbocycles. The summed E-state index contributed by atoms with van der Waals surface area (Å²) in [5.41, 5.74) is 3.71. The summed E-state index contributed by atoms with van der Waals surface area (Å²) in [6, 6.07) is 19.0. The van der Waals surface area contributed by atoms with Crippen LogP contribution in [0.25, 0.3) is 0 Å². The zero-order chi connectivity index (χ0) is 14.5. The van der Waals surface area contributed by atoms with Gasteiger partial charge in [-0.05, 0) is 37.3 Å². The van der Waals surface area contributed by atoms with Gasteiger partial charge in [0.25, 0.3) is 0 Å². The fourth-order valence-electron chi connectivity index (χ4n) is 3.16. The van der Waals surface area contributed by atoms with Gasteiger partial charge in [-0.1, -0.05) is 48.5 Å². The number of hydrogen-bond donors (Lipinski definition) is 1. The number of hydrogen-bond acceptors (Lipinski definition) is 2. The van der Waals surface area contributed by atoms with Crippen LogP contribution in [0.15, 0.2) is 54.6 Å². The van der Waals surface area contributed by atoms with E-state index in [9.17, 15) is 5.11 Å². The van der Waals surface area contributed by atoms with E-state index in [4.69, 9.17) is 0 Å². The molecule has 2 heteroatoms. The number of para-hydroxylation sites is 1. The Morgan fingerprint density at radius 3 is 2.62 bits per heavy atom. The second-order valence-corrected chi connectivity index (χ2v) is 5.79. The highest BCUT2D eigenvalue weighted by molar-refractivity contribution is 5.55. The molecule has 1 aliphatic rings. The number of aryl methyl sites for hydroxylation is 1. The summed E-state index contributed by atoms with van der Waals surface area (Å²) in [7, 11) is 0. The Hall–Kier alpha value is -1.80. The molecule has 3 rings (SSSR count). The van der Waals surface area contributed by atoms with Crippen LogP contribution in [0, 0.1) is 0 Å². The standard InChI is InChI=1S/C19H23NO/c21-19-13-7-15-20(18-12-5-4-11-17(18)19)14-6-10-16-8-2-1-3-9-16/h1-5,8-9,11-12,19,21H,6-7,10,13-15H2. The lowest BCUT2D eigenvalue weighted by atomic mass is 10.0. The lowest BCUT2D eigenvalue weighted by Crippen LogP contribution is -2.25. The first-order chi connectivity index (χ1) is 10.3. The molecule has 2 aromatic rings. The van der Waals surface area contributed by atoms with E-state index in [0.29, 0.717) is 0 Å². The van der Waals surface area contributed by atoms with E-state index in [1.807, 2.05) is 6.07 Å². The van der Waals surface area contributed by atoms with E-state index in [-0.39, 0.29) is 6.10 Å². The summed E-state index contributed by atoms with van der Waals surface area (Å²) in [5.74, 6) is 0. The van der Waals surface area contributed by atoms with Gasteiger partial charge < -0.3 is 10.0 Å². The number of benzene rings is 2. The zero-order valence-electron chi connectivity index (χ0n) is 12.4. The summed E-state index contributed by atoms with van der Waals surface area (Å²) in [6.45, 7) is 2.10. The SMILES string of the molecule is OC1CCCN(CCCc2ccccc2)c2ccccc21. The third-order valence-electron chi connectivity index (χ3n) is 4.28. The Bertz CT molecular complexity index is 567. The normalized spacial score (nSPS) is 18.1. The van der Waals surface area contributed by atoms with Gasteiger partial charge in [-0.3, -0.25) is 0 Å². The van der Waals surface area contributed by atoms with E-state index >= 15 is 0 Å². The first-order valence-corrected chi connectivity index (χ1v) is 7.90. The van der Waals surface area contributed by atoms with Gasteiger partial charge in [-0.2, -0.15) is 0 Å². The summed E-state index contributed by atoms with van der Waals surface area (Å²) < 4.78 is 0. The minimum absolute atomic E-state index is 0.305. The predicted molar refractivity (Wildman–Crippen MR) is 87.6 cm³/mol. The highest BCUT2D eigenvalue weighted by atomic mass is 16.3. The molecule has 0 bridgehead atoms. The van der Waals surface area contributed by atoms with Crippen molar-refractivity contribution in [2.24, 2.45) is 0 Å². The van der Waals surface area contributed by atoms with Gasteiger partial charge in [-0.15, -0.1) is 0 Å². The van der Waals surface area contributed by atoms with Crippen LogP contribution in [-0.2, 0) is 6.42 Å². The van der Waals surface area contributed by atoms with Gasteiger partial charge >= 0.3 is 0 Å². The number of anilines is 1.